The van der Waals surface area contributed by atoms with E-state index in [4.69, 9.17) is 0 Å². The molecule has 0 bridgehead atoms. The zero-order chi connectivity index (χ0) is 12.8. The summed E-state index contributed by atoms with van der Waals surface area (Å²) in [6, 6.07) is 21.7. The van der Waals surface area contributed by atoms with Gasteiger partial charge in [-0.3, -0.25) is 0 Å². The molecule has 2 heteroatoms. The molecule has 0 saturated carbocycles. The van der Waals surface area contributed by atoms with Gasteiger partial charge in [0.15, 0.2) is 0 Å². The van der Waals surface area contributed by atoms with Crippen LogP contribution in [0.3, 0.4) is 0 Å². The van der Waals surface area contributed by atoms with E-state index in [2.05, 4.69) is 80.2 Å². The second-order valence-corrected chi connectivity index (χ2v) is 7.31. The lowest BCUT2D eigenvalue weighted by Gasteiger charge is -2.30. The fourth-order valence-corrected chi connectivity index (χ4v) is 5.51. The summed E-state index contributed by atoms with van der Waals surface area (Å²) in [6.45, 7) is 2.29. The molecule has 2 aromatic rings. The SMILES string of the molecule is CC[SH](c1ccccc1)C(CS)c1ccccc1. The van der Waals surface area contributed by atoms with Crippen LogP contribution in [0, 0.1) is 0 Å². The van der Waals surface area contributed by atoms with E-state index in [-0.39, 0.29) is 10.9 Å². The maximum atomic E-state index is 4.59. The summed E-state index contributed by atoms with van der Waals surface area (Å²) in [4.78, 5) is 1.48. The Morgan fingerprint density at radius 3 is 2.00 bits per heavy atom. The number of benzene rings is 2. The van der Waals surface area contributed by atoms with Gasteiger partial charge in [-0.1, -0.05) is 67.6 Å². The molecule has 0 aliphatic carbocycles. The van der Waals surface area contributed by atoms with Crippen LogP contribution in [0.2, 0.25) is 0 Å². The topological polar surface area (TPSA) is 0 Å². The van der Waals surface area contributed by atoms with Gasteiger partial charge in [-0.2, -0.15) is 12.6 Å². The van der Waals surface area contributed by atoms with Gasteiger partial charge in [0.05, 0.1) is 0 Å². The van der Waals surface area contributed by atoms with Crippen LogP contribution in [0.15, 0.2) is 65.6 Å². The summed E-state index contributed by atoms with van der Waals surface area (Å²) in [7, 11) is -0.170. The minimum Gasteiger partial charge on any atom is -0.219 e. The Morgan fingerprint density at radius 1 is 0.944 bits per heavy atom. The van der Waals surface area contributed by atoms with Gasteiger partial charge < -0.3 is 0 Å². The van der Waals surface area contributed by atoms with Crippen LogP contribution < -0.4 is 0 Å². The first kappa shape index (κ1) is 13.6. The third-order valence-corrected chi connectivity index (χ3v) is 6.69. The number of rotatable bonds is 5. The number of hydrogen-bond donors (Lipinski definition) is 2. The second kappa shape index (κ2) is 6.91. The summed E-state index contributed by atoms with van der Waals surface area (Å²) in [6.07, 6.45) is 0. The van der Waals surface area contributed by atoms with Gasteiger partial charge in [-0.25, -0.2) is 10.9 Å². The smallest absolute Gasteiger partial charge is 0.0241 e. The van der Waals surface area contributed by atoms with Gasteiger partial charge in [0.1, 0.15) is 0 Å². The molecule has 2 aromatic carbocycles. The maximum Gasteiger partial charge on any atom is 0.0241 e. The van der Waals surface area contributed by atoms with Crippen molar-refractivity contribution < 1.29 is 0 Å². The van der Waals surface area contributed by atoms with Crippen molar-refractivity contribution in [3.63, 3.8) is 0 Å². The normalized spacial score (nSPS) is 15.1. The van der Waals surface area contributed by atoms with Crippen molar-refractivity contribution in [2.75, 3.05) is 11.5 Å². The molecule has 0 aliphatic rings. The van der Waals surface area contributed by atoms with Crippen LogP contribution in [0.1, 0.15) is 17.7 Å². The molecule has 18 heavy (non-hydrogen) atoms. The Morgan fingerprint density at radius 2 is 1.50 bits per heavy atom. The molecule has 2 atom stereocenters. The van der Waals surface area contributed by atoms with Gasteiger partial charge in [-0.05, 0) is 16.2 Å². The van der Waals surface area contributed by atoms with Crippen molar-refractivity contribution in [3.8, 4) is 0 Å². The van der Waals surface area contributed by atoms with E-state index in [0.29, 0.717) is 5.25 Å². The molecular weight excluding hydrogens is 256 g/mol. The van der Waals surface area contributed by atoms with E-state index in [1.807, 2.05) is 0 Å². The van der Waals surface area contributed by atoms with E-state index >= 15 is 0 Å². The third kappa shape index (κ3) is 3.12. The van der Waals surface area contributed by atoms with E-state index in [1.54, 1.807) is 0 Å². The molecule has 2 rings (SSSR count). The van der Waals surface area contributed by atoms with Gasteiger partial charge >= 0.3 is 0 Å². The molecule has 0 N–H and O–H groups in total. The molecule has 96 valence electrons. The van der Waals surface area contributed by atoms with Crippen LogP contribution in [-0.4, -0.2) is 11.5 Å². The molecule has 0 saturated heterocycles. The first-order valence-corrected chi connectivity index (χ1v) is 8.57. The Hall–Kier alpha value is -0.860. The predicted octanol–water partition coefficient (Wildman–Crippen LogP) is 4.74. The summed E-state index contributed by atoms with van der Waals surface area (Å²) in [5.74, 6) is 2.12. The zero-order valence-electron chi connectivity index (χ0n) is 10.7. The molecule has 0 fully saturated rings. The molecule has 0 amide bonds. The summed E-state index contributed by atoms with van der Waals surface area (Å²) in [5.41, 5.74) is 1.42. The molecule has 0 aliphatic heterocycles. The Balaban J connectivity index is 2.31. The van der Waals surface area contributed by atoms with Crippen molar-refractivity contribution in [2.24, 2.45) is 0 Å². The van der Waals surface area contributed by atoms with Gasteiger partial charge in [-0.15, -0.1) is 0 Å². The van der Waals surface area contributed by atoms with E-state index < -0.39 is 0 Å². The molecule has 0 nitrogen and oxygen atoms in total. The molecule has 0 aromatic heterocycles. The third-order valence-electron chi connectivity index (χ3n) is 3.16. The molecular formula is C16H20S2. The maximum absolute atomic E-state index is 4.59. The number of hydrogen-bond acceptors (Lipinski definition) is 1. The van der Waals surface area contributed by atoms with Crippen LogP contribution in [0.25, 0.3) is 0 Å². The average molecular weight is 276 g/mol. The molecule has 0 heterocycles. The average Bonchev–Trinajstić information content (AvgIpc) is 2.46. The van der Waals surface area contributed by atoms with Gasteiger partial charge in [0, 0.05) is 11.0 Å². The molecule has 2 unspecified atom stereocenters. The Labute approximate surface area is 118 Å². The molecule has 0 radical (unpaired) electrons. The van der Waals surface area contributed by atoms with Crippen LogP contribution in [-0.2, 0) is 0 Å². The zero-order valence-corrected chi connectivity index (χ0v) is 12.4. The number of thiol groups is 2. The van der Waals surface area contributed by atoms with Gasteiger partial charge in [0.25, 0.3) is 0 Å². The van der Waals surface area contributed by atoms with Crippen molar-refractivity contribution in [3.05, 3.63) is 66.2 Å². The van der Waals surface area contributed by atoms with Gasteiger partial charge in [0.2, 0.25) is 0 Å². The lowest BCUT2D eigenvalue weighted by molar-refractivity contribution is 1.10. The largest absolute Gasteiger partial charge is 0.219 e. The first-order chi connectivity index (χ1) is 8.86. The van der Waals surface area contributed by atoms with Crippen molar-refractivity contribution >= 4 is 23.5 Å². The fraction of sp³-hybridized carbons (Fsp3) is 0.250. The minimum absolute atomic E-state index is 0.170. The highest BCUT2D eigenvalue weighted by Gasteiger charge is 2.18. The monoisotopic (exact) mass is 276 g/mol. The Kier molecular flexibility index (Phi) is 5.21. The first-order valence-electron chi connectivity index (χ1n) is 6.34. The van der Waals surface area contributed by atoms with Crippen LogP contribution >= 0.6 is 23.5 Å². The van der Waals surface area contributed by atoms with Crippen LogP contribution in [0.4, 0.5) is 0 Å². The lowest BCUT2D eigenvalue weighted by atomic mass is 10.2. The summed E-state index contributed by atoms with van der Waals surface area (Å²) < 4.78 is 0. The standard InChI is InChI=1S/C16H20S2/c1-2-18(15-11-7-4-8-12-15)16(13-17)14-9-5-3-6-10-14/h3-12,16-18H,2,13H2,1H3. The highest BCUT2D eigenvalue weighted by atomic mass is 32.2. The summed E-state index contributed by atoms with van der Waals surface area (Å²) in [5, 5.41) is 0.553. The van der Waals surface area contributed by atoms with Crippen molar-refractivity contribution in [1.82, 2.24) is 0 Å². The lowest BCUT2D eigenvalue weighted by Crippen LogP contribution is -2.04. The highest BCUT2D eigenvalue weighted by Crippen LogP contribution is 2.49. The van der Waals surface area contributed by atoms with Crippen molar-refractivity contribution in [2.45, 2.75) is 17.1 Å². The Bertz CT molecular complexity index is 408. The van der Waals surface area contributed by atoms with Crippen LogP contribution in [0.5, 0.6) is 0 Å². The minimum atomic E-state index is -0.170. The second-order valence-electron chi connectivity index (χ2n) is 4.23. The highest BCUT2D eigenvalue weighted by molar-refractivity contribution is 8.17. The fourth-order valence-electron chi connectivity index (χ4n) is 2.26. The quantitative estimate of drug-likeness (QED) is 0.724. The van der Waals surface area contributed by atoms with E-state index in [0.717, 1.165) is 5.75 Å². The predicted molar refractivity (Wildman–Crippen MR) is 87.3 cm³/mol. The van der Waals surface area contributed by atoms with Crippen molar-refractivity contribution in [1.29, 1.82) is 0 Å². The molecule has 0 spiro atoms. The van der Waals surface area contributed by atoms with E-state index in [1.165, 1.54) is 16.2 Å². The summed E-state index contributed by atoms with van der Waals surface area (Å²) >= 11 is 4.59. The van der Waals surface area contributed by atoms with E-state index in [9.17, 15) is 0 Å².